The van der Waals surface area contributed by atoms with Crippen molar-refractivity contribution < 1.29 is 4.79 Å². The molecular weight excluding hydrogens is 316 g/mol. The fourth-order valence-corrected chi connectivity index (χ4v) is 3.42. The zero-order chi connectivity index (χ0) is 16.3. The van der Waals surface area contributed by atoms with E-state index in [0.29, 0.717) is 17.7 Å². The Morgan fingerprint density at radius 1 is 1.32 bits per heavy atom. The first-order chi connectivity index (χ1) is 10.4. The molecule has 4 N–H and O–H groups in total. The lowest BCUT2D eigenvalue weighted by Gasteiger charge is -2.12. The molecule has 0 saturated carbocycles. The molecular formula is C17H19ClN2OS. The first-order valence-electron chi connectivity index (χ1n) is 6.95. The molecule has 0 bridgehead atoms. The highest BCUT2D eigenvalue weighted by molar-refractivity contribution is 8.01. The molecule has 0 fully saturated rings. The monoisotopic (exact) mass is 334 g/mol. The molecule has 2 rings (SSSR count). The van der Waals surface area contributed by atoms with Gasteiger partial charge in [-0.1, -0.05) is 18.2 Å². The van der Waals surface area contributed by atoms with Crippen LogP contribution in [0.4, 0.5) is 5.69 Å². The predicted octanol–water partition coefficient (Wildman–Crippen LogP) is 3.94. The van der Waals surface area contributed by atoms with Crippen molar-refractivity contribution in [3.63, 3.8) is 0 Å². The molecule has 0 saturated heterocycles. The van der Waals surface area contributed by atoms with E-state index in [4.69, 9.17) is 23.1 Å². The number of nitrogen functional groups attached to an aromatic ring is 1. The van der Waals surface area contributed by atoms with Crippen molar-refractivity contribution in [2.24, 2.45) is 5.73 Å². The quantitative estimate of drug-likeness (QED) is 0.494. The van der Waals surface area contributed by atoms with Gasteiger partial charge >= 0.3 is 0 Å². The first kappa shape index (κ1) is 16.7. The predicted molar refractivity (Wildman–Crippen MR) is 94.5 cm³/mol. The number of anilines is 1. The summed E-state index contributed by atoms with van der Waals surface area (Å²) in [7, 11) is 0. The third kappa shape index (κ3) is 4.18. The summed E-state index contributed by atoms with van der Waals surface area (Å²) >= 11 is 7.62. The fourth-order valence-electron chi connectivity index (χ4n) is 2.36. The molecule has 116 valence electrons. The molecule has 0 radical (unpaired) electrons. The number of nitrogens with two attached hydrogens (primary N) is 2. The van der Waals surface area contributed by atoms with Gasteiger partial charge in [-0.2, -0.15) is 0 Å². The lowest BCUT2D eigenvalue weighted by Crippen LogP contribution is -2.15. The van der Waals surface area contributed by atoms with Gasteiger partial charge in [0.05, 0.1) is 10.3 Å². The number of alkyl halides is 1. The van der Waals surface area contributed by atoms with Crippen molar-refractivity contribution in [2.75, 3.05) is 5.73 Å². The van der Waals surface area contributed by atoms with E-state index in [9.17, 15) is 4.79 Å². The summed E-state index contributed by atoms with van der Waals surface area (Å²) in [6.07, 6.45) is 0.652. The molecule has 1 amide bonds. The van der Waals surface area contributed by atoms with Gasteiger partial charge in [0.2, 0.25) is 0 Å². The third-order valence-corrected chi connectivity index (χ3v) is 4.39. The molecule has 1 unspecified atom stereocenters. The van der Waals surface area contributed by atoms with Crippen molar-refractivity contribution >= 4 is 35.0 Å². The van der Waals surface area contributed by atoms with Gasteiger partial charge in [0.1, 0.15) is 0 Å². The van der Waals surface area contributed by atoms with Crippen LogP contribution in [-0.4, -0.2) is 10.6 Å². The second-order valence-corrected chi connectivity index (χ2v) is 7.56. The van der Waals surface area contributed by atoms with Gasteiger partial charge in [-0.3, -0.25) is 4.79 Å². The molecule has 0 aliphatic rings. The number of carbonyl (C=O) groups is 1. The van der Waals surface area contributed by atoms with Crippen LogP contribution >= 0.6 is 23.4 Å². The Morgan fingerprint density at radius 3 is 2.68 bits per heavy atom. The summed E-state index contributed by atoms with van der Waals surface area (Å²) in [6.45, 7) is 3.87. The van der Waals surface area contributed by atoms with E-state index < -0.39 is 5.91 Å². The Morgan fingerprint density at radius 2 is 2.05 bits per heavy atom. The second kappa shape index (κ2) is 7.07. The lowest BCUT2D eigenvalue weighted by molar-refractivity contribution is 0.100. The van der Waals surface area contributed by atoms with Crippen LogP contribution in [0.1, 0.15) is 34.0 Å². The summed E-state index contributed by atoms with van der Waals surface area (Å²) in [5.41, 5.74) is 15.3. The van der Waals surface area contributed by atoms with Crippen LogP contribution in [0.15, 0.2) is 41.3 Å². The third-order valence-electron chi connectivity index (χ3n) is 3.27. The van der Waals surface area contributed by atoms with Crippen molar-refractivity contribution in [3.05, 3.63) is 58.7 Å². The van der Waals surface area contributed by atoms with Crippen LogP contribution in [0.5, 0.6) is 0 Å². The van der Waals surface area contributed by atoms with E-state index >= 15 is 0 Å². The number of thioether (sulfide) groups is 1. The Hall–Kier alpha value is -1.65. The topological polar surface area (TPSA) is 69.1 Å². The highest BCUT2D eigenvalue weighted by atomic mass is 35.5. The number of rotatable bonds is 5. The number of carbonyl (C=O) groups excluding carboxylic acids is 1. The van der Waals surface area contributed by atoms with Crippen molar-refractivity contribution in [2.45, 2.75) is 29.9 Å². The number of halogens is 1. The standard InChI is InChI=1S/C17H19ClN2OS/c1-10-6-13(16(19)15(7-10)17(20)21)8-12-4-3-5-14(9-12)22-11(2)18/h3-7,9,11H,8,19H2,1-2H3,(H2,20,21). The minimum atomic E-state index is -0.497. The van der Waals surface area contributed by atoms with E-state index in [0.717, 1.165) is 21.6 Å². The van der Waals surface area contributed by atoms with Crippen LogP contribution in [0.25, 0.3) is 0 Å². The average Bonchev–Trinajstić information content (AvgIpc) is 2.42. The van der Waals surface area contributed by atoms with Gasteiger partial charge in [-0.05, 0) is 55.2 Å². The van der Waals surface area contributed by atoms with E-state index in [1.54, 1.807) is 17.8 Å². The summed E-state index contributed by atoms with van der Waals surface area (Å²) in [6, 6.07) is 11.9. The largest absolute Gasteiger partial charge is 0.398 e. The number of primary amides is 1. The van der Waals surface area contributed by atoms with Crippen LogP contribution < -0.4 is 11.5 Å². The summed E-state index contributed by atoms with van der Waals surface area (Å²) in [4.78, 5) is 12.6. The van der Waals surface area contributed by atoms with Gasteiger partial charge in [-0.15, -0.1) is 23.4 Å². The molecule has 1 atom stereocenters. The van der Waals surface area contributed by atoms with Crippen LogP contribution in [0, 0.1) is 6.92 Å². The number of benzene rings is 2. The maximum absolute atomic E-state index is 11.5. The second-order valence-electron chi connectivity index (χ2n) is 5.23. The maximum Gasteiger partial charge on any atom is 0.250 e. The van der Waals surface area contributed by atoms with E-state index in [1.807, 2.05) is 38.1 Å². The Balaban J connectivity index is 2.33. The van der Waals surface area contributed by atoms with Gasteiger partial charge < -0.3 is 11.5 Å². The van der Waals surface area contributed by atoms with Gasteiger partial charge in [0.15, 0.2) is 0 Å². The Bertz CT molecular complexity index is 701. The minimum Gasteiger partial charge on any atom is -0.398 e. The number of aryl methyl sites for hydroxylation is 1. The maximum atomic E-state index is 11.5. The SMILES string of the molecule is Cc1cc(Cc2cccc(SC(C)Cl)c2)c(N)c(C(N)=O)c1. The molecule has 3 nitrogen and oxygen atoms in total. The molecule has 2 aromatic carbocycles. The molecule has 0 aromatic heterocycles. The molecule has 0 aliphatic carbocycles. The molecule has 0 heterocycles. The van der Waals surface area contributed by atoms with Crippen LogP contribution in [-0.2, 0) is 6.42 Å². The van der Waals surface area contributed by atoms with Crippen molar-refractivity contribution in [1.29, 1.82) is 0 Å². The molecule has 5 heteroatoms. The van der Waals surface area contributed by atoms with Crippen molar-refractivity contribution in [1.82, 2.24) is 0 Å². The van der Waals surface area contributed by atoms with Crippen LogP contribution in [0.3, 0.4) is 0 Å². The van der Waals surface area contributed by atoms with E-state index in [1.165, 1.54) is 0 Å². The molecule has 2 aromatic rings. The molecule has 0 aliphatic heterocycles. The highest BCUT2D eigenvalue weighted by Crippen LogP contribution is 2.28. The number of hydrogen-bond acceptors (Lipinski definition) is 3. The summed E-state index contributed by atoms with van der Waals surface area (Å²) < 4.78 is 0.0146. The lowest BCUT2D eigenvalue weighted by atomic mass is 9.97. The van der Waals surface area contributed by atoms with Gasteiger partial charge in [0, 0.05) is 10.6 Å². The van der Waals surface area contributed by atoms with Gasteiger partial charge in [-0.25, -0.2) is 0 Å². The Kier molecular flexibility index (Phi) is 5.37. The summed E-state index contributed by atoms with van der Waals surface area (Å²) in [5, 5.41) is 0. The van der Waals surface area contributed by atoms with Crippen molar-refractivity contribution in [3.8, 4) is 0 Å². The smallest absolute Gasteiger partial charge is 0.250 e. The summed E-state index contributed by atoms with van der Waals surface area (Å²) in [5.74, 6) is -0.497. The average molecular weight is 335 g/mol. The van der Waals surface area contributed by atoms with Crippen LogP contribution in [0.2, 0.25) is 0 Å². The normalized spacial score (nSPS) is 12.1. The van der Waals surface area contributed by atoms with Gasteiger partial charge in [0.25, 0.3) is 5.91 Å². The first-order valence-corrected chi connectivity index (χ1v) is 8.27. The zero-order valence-corrected chi connectivity index (χ0v) is 14.2. The zero-order valence-electron chi connectivity index (χ0n) is 12.6. The number of hydrogen-bond donors (Lipinski definition) is 2. The fraction of sp³-hybridized carbons (Fsp3) is 0.235. The molecule has 0 spiro atoms. The van der Waals surface area contributed by atoms with E-state index in [-0.39, 0.29) is 4.71 Å². The van der Waals surface area contributed by atoms with E-state index in [2.05, 4.69) is 6.07 Å². The number of amides is 1. The minimum absolute atomic E-state index is 0.0146. The molecule has 22 heavy (non-hydrogen) atoms. The Labute approximate surface area is 140 Å². The highest BCUT2D eigenvalue weighted by Gasteiger charge is 2.12.